The van der Waals surface area contributed by atoms with Crippen molar-refractivity contribution in [2.24, 2.45) is 16.3 Å². The summed E-state index contributed by atoms with van der Waals surface area (Å²) < 4.78 is 6.02. The lowest BCUT2D eigenvalue weighted by Crippen LogP contribution is -2.72. The van der Waals surface area contributed by atoms with Crippen LogP contribution in [-0.4, -0.2) is 41.5 Å². The number of hydrogen-bond acceptors (Lipinski definition) is 5. The Morgan fingerprint density at radius 1 is 1.40 bits per heavy atom. The van der Waals surface area contributed by atoms with Crippen LogP contribution >= 0.6 is 11.3 Å². The van der Waals surface area contributed by atoms with E-state index >= 15 is 0 Å². The number of hydrogen-bond donors (Lipinski definition) is 2. The van der Waals surface area contributed by atoms with E-state index in [0.717, 1.165) is 29.1 Å². The third kappa shape index (κ3) is 2.95. The second-order valence-corrected chi connectivity index (χ2v) is 8.93. The van der Waals surface area contributed by atoms with Gasteiger partial charge in [-0.25, -0.2) is 4.99 Å². The molecule has 2 saturated carbocycles. The van der Waals surface area contributed by atoms with E-state index in [1.807, 2.05) is 0 Å². The monoisotopic (exact) mass is 363 g/mol. The first-order chi connectivity index (χ1) is 12.1. The summed E-state index contributed by atoms with van der Waals surface area (Å²) in [6.45, 7) is 8.78. The molecule has 0 bridgehead atoms. The third-order valence-corrected chi connectivity index (χ3v) is 7.23. The lowest BCUT2D eigenvalue weighted by Gasteiger charge is -2.63. The van der Waals surface area contributed by atoms with Crippen LogP contribution in [0, 0.1) is 11.3 Å². The minimum Gasteiger partial charge on any atom is -0.377 e. The highest BCUT2D eigenvalue weighted by Crippen LogP contribution is 2.62. The Kier molecular flexibility index (Phi) is 4.71. The first-order valence-electron chi connectivity index (χ1n) is 9.63. The van der Waals surface area contributed by atoms with Crippen molar-refractivity contribution in [2.45, 2.75) is 71.1 Å². The maximum Gasteiger partial charge on any atom is 0.191 e. The molecule has 3 unspecified atom stereocenters. The topological polar surface area (TPSA) is 71.4 Å². The average molecular weight is 364 g/mol. The van der Waals surface area contributed by atoms with Crippen LogP contribution in [0.1, 0.15) is 62.4 Å². The van der Waals surface area contributed by atoms with Crippen LogP contribution in [0.5, 0.6) is 0 Å². The van der Waals surface area contributed by atoms with Gasteiger partial charge in [0.05, 0.1) is 12.6 Å². The van der Waals surface area contributed by atoms with Crippen molar-refractivity contribution in [3.05, 3.63) is 10.0 Å². The number of aliphatic imine (C=N–C) groups is 1. The smallest absolute Gasteiger partial charge is 0.191 e. The van der Waals surface area contributed by atoms with Crippen molar-refractivity contribution in [3.8, 4) is 0 Å². The molecule has 0 aromatic carbocycles. The van der Waals surface area contributed by atoms with Gasteiger partial charge >= 0.3 is 0 Å². The van der Waals surface area contributed by atoms with Crippen LogP contribution in [0.25, 0.3) is 0 Å². The summed E-state index contributed by atoms with van der Waals surface area (Å²) >= 11 is 1.67. The zero-order valence-corrected chi connectivity index (χ0v) is 16.2. The van der Waals surface area contributed by atoms with E-state index in [-0.39, 0.29) is 0 Å². The highest BCUT2D eigenvalue weighted by atomic mass is 32.1. The summed E-state index contributed by atoms with van der Waals surface area (Å²) in [6, 6.07) is 0.507. The van der Waals surface area contributed by atoms with E-state index in [4.69, 9.17) is 9.73 Å². The molecule has 2 heterocycles. The van der Waals surface area contributed by atoms with Gasteiger partial charge in [-0.2, -0.15) is 0 Å². The Hall–Kier alpha value is -1.21. The van der Waals surface area contributed by atoms with Crippen molar-refractivity contribution in [1.82, 2.24) is 20.8 Å². The van der Waals surface area contributed by atoms with Gasteiger partial charge in [0.15, 0.2) is 5.96 Å². The van der Waals surface area contributed by atoms with E-state index in [2.05, 4.69) is 41.6 Å². The number of aromatic nitrogens is 2. The van der Waals surface area contributed by atoms with Gasteiger partial charge in [-0.1, -0.05) is 31.6 Å². The molecule has 2 N–H and O–H groups in total. The number of nitrogens with one attached hydrogen (secondary N) is 2. The fourth-order valence-corrected chi connectivity index (χ4v) is 5.40. The standard InChI is InChI=1S/C18H29N5OS/c1-4-19-17(20-10-13-22-23-16(25-13)11(2)3)21-14-12-6-9-24-15(12)18(14)7-5-8-18/h11-12,14-15H,4-10H2,1-3H3,(H2,19,20,21). The Balaban J connectivity index is 1.43. The van der Waals surface area contributed by atoms with Crippen LogP contribution in [0.15, 0.2) is 4.99 Å². The molecular formula is C18H29N5OS. The van der Waals surface area contributed by atoms with E-state index in [1.165, 1.54) is 25.7 Å². The van der Waals surface area contributed by atoms with Gasteiger partial charge in [-0.3, -0.25) is 0 Å². The van der Waals surface area contributed by atoms with Crippen LogP contribution < -0.4 is 10.6 Å². The van der Waals surface area contributed by atoms with Crippen LogP contribution in [-0.2, 0) is 11.3 Å². The van der Waals surface area contributed by atoms with Crippen molar-refractivity contribution >= 4 is 17.3 Å². The molecule has 138 valence electrons. The summed E-state index contributed by atoms with van der Waals surface area (Å²) in [5.74, 6) is 1.98. The van der Waals surface area contributed by atoms with Crippen molar-refractivity contribution in [3.63, 3.8) is 0 Å². The van der Waals surface area contributed by atoms with Gasteiger partial charge in [-0.15, -0.1) is 10.2 Å². The molecule has 2 aliphatic carbocycles. The molecule has 6 nitrogen and oxygen atoms in total. The summed E-state index contributed by atoms with van der Waals surface area (Å²) in [4.78, 5) is 4.78. The summed E-state index contributed by atoms with van der Waals surface area (Å²) in [6.07, 6.45) is 5.58. The molecule has 0 radical (unpaired) electrons. The lowest BCUT2D eigenvalue weighted by molar-refractivity contribution is -0.171. The highest BCUT2D eigenvalue weighted by molar-refractivity contribution is 7.11. The molecule has 3 atom stereocenters. The van der Waals surface area contributed by atoms with Crippen molar-refractivity contribution in [2.75, 3.05) is 13.2 Å². The lowest BCUT2D eigenvalue weighted by atomic mass is 9.46. The fourth-order valence-electron chi connectivity index (χ4n) is 4.63. The average Bonchev–Trinajstić information content (AvgIpc) is 3.16. The van der Waals surface area contributed by atoms with Gasteiger partial charge in [0.1, 0.15) is 10.0 Å². The molecule has 0 amide bonds. The summed E-state index contributed by atoms with van der Waals surface area (Å²) in [5, 5.41) is 17.7. The predicted molar refractivity (Wildman–Crippen MR) is 99.9 cm³/mol. The van der Waals surface area contributed by atoms with E-state index in [0.29, 0.717) is 35.9 Å². The Morgan fingerprint density at radius 2 is 2.24 bits per heavy atom. The van der Waals surface area contributed by atoms with E-state index in [1.54, 1.807) is 11.3 Å². The molecule has 4 rings (SSSR count). The second kappa shape index (κ2) is 6.83. The summed E-state index contributed by atoms with van der Waals surface area (Å²) in [5.41, 5.74) is 0.366. The molecule has 1 aliphatic heterocycles. The van der Waals surface area contributed by atoms with Crippen LogP contribution in [0.2, 0.25) is 0 Å². The highest BCUT2D eigenvalue weighted by Gasteiger charge is 2.66. The molecule has 25 heavy (non-hydrogen) atoms. The van der Waals surface area contributed by atoms with Crippen LogP contribution in [0.4, 0.5) is 0 Å². The molecular weight excluding hydrogens is 334 g/mol. The second-order valence-electron chi connectivity index (χ2n) is 7.84. The number of ether oxygens (including phenoxy) is 1. The number of guanidine groups is 1. The van der Waals surface area contributed by atoms with Gasteiger partial charge in [0.25, 0.3) is 0 Å². The van der Waals surface area contributed by atoms with Crippen molar-refractivity contribution < 1.29 is 4.74 Å². The molecule has 3 fully saturated rings. The molecule has 1 saturated heterocycles. The molecule has 1 aromatic rings. The van der Waals surface area contributed by atoms with Gasteiger partial charge in [0, 0.05) is 36.4 Å². The Morgan fingerprint density at radius 3 is 2.88 bits per heavy atom. The van der Waals surface area contributed by atoms with Gasteiger partial charge in [-0.05, 0) is 26.2 Å². The normalized spacial score (nSPS) is 30.1. The van der Waals surface area contributed by atoms with Crippen molar-refractivity contribution in [1.29, 1.82) is 0 Å². The summed E-state index contributed by atoms with van der Waals surface area (Å²) in [7, 11) is 0. The number of nitrogens with zero attached hydrogens (tertiary/aromatic N) is 3. The molecule has 7 heteroatoms. The zero-order valence-electron chi connectivity index (χ0n) is 15.4. The zero-order chi connectivity index (χ0) is 17.4. The Labute approximate surface area is 153 Å². The molecule has 1 aromatic heterocycles. The molecule has 1 spiro atoms. The van der Waals surface area contributed by atoms with E-state index in [9.17, 15) is 0 Å². The van der Waals surface area contributed by atoms with Gasteiger partial charge < -0.3 is 15.4 Å². The maximum atomic E-state index is 6.02. The van der Waals surface area contributed by atoms with Crippen LogP contribution in [0.3, 0.4) is 0 Å². The molecule has 3 aliphatic rings. The minimum absolute atomic E-state index is 0.366. The number of fused-ring (bicyclic) bond motifs is 2. The Bertz CT molecular complexity index is 639. The first kappa shape index (κ1) is 17.2. The predicted octanol–water partition coefficient (Wildman–Crippen LogP) is 2.67. The SMILES string of the molecule is CCNC(=NCc1nnc(C(C)C)s1)NC1C2CCOC2C12CCC2. The largest absolute Gasteiger partial charge is 0.377 e. The fraction of sp³-hybridized carbons (Fsp3) is 0.833. The first-order valence-corrected chi connectivity index (χ1v) is 10.4. The number of rotatable bonds is 5. The maximum absolute atomic E-state index is 6.02. The minimum atomic E-state index is 0.366. The quantitative estimate of drug-likeness (QED) is 0.622. The van der Waals surface area contributed by atoms with E-state index < -0.39 is 0 Å². The van der Waals surface area contributed by atoms with Gasteiger partial charge in [0.2, 0.25) is 0 Å². The third-order valence-electron chi connectivity index (χ3n) is 6.02.